The Labute approximate surface area is 116 Å². The Hall–Kier alpha value is -1.06. The van der Waals surface area contributed by atoms with Gasteiger partial charge in [0.15, 0.2) is 0 Å². The van der Waals surface area contributed by atoms with Crippen LogP contribution in [0.5, 0.6) is 5.75 Å². The van der Waals surface area contributed by atoms with Gasteiger partial charge < -0.3 is 15.2 Å². The summed E-state index contributed by atoms with van der Waals surface area (Å²) in [5.74, 6) is 0.880. The highest BCUT2D eigenvalue weighted by Gasteiger charge is 2.19. The van der Waals surface area contributed by atoms with Crippen molar-refractivity contribution in [1.29, 1.82) is 0 Å². The van der Waals surface area contributed by atoms with E-state index in [-0.39, 0.29) is 6.10 Å². The standard InChI is InChI=1S/C16H25NO2/c1-12-7-8-16(13(2)9-12)19-11-15(18)10-17-14-5-3-4-6-14/h7-9,14-15,17-18H,3-6,10-11H2,1-2H3/p+1/t15-/m0/s1. The third-order valence-electron chi connectivity index (χ3n) is 3.90. The molecule has 1 aromatic carbocycles. The molecule has 1 atom stereocenters. The first-order valence-electron chi connectivity index (χ1n) is 7.36. The lowest BCUT2D eigenvalue weighted by atomic mass is 10.1. The van der Waals surface area contributed by atoms with Gasteiger partial charge in [0, 0.05) is 0 Å². The Morgan fingerprint density at radius 2 is 2.05 bits per heavy atom. The molecule has 0 spiro atoms. The SMILES string of the molecule is Cc1ccc(OC[C@@H](O)C[NH2+]C2CCCC2)c(C)c1. The lowest BCUT2D eigenvalue weighted by Crippen LogP contribution is -2.91. The van der Waals surface area contributed by atoms with Crippen LogP contribution in [0.1, 0.15) is 36.8 Å². The molecule has 2 rings (SSSR count). The topological polar surface area (TPSA) is 46.1 Å². The highest BCUT2D eigenvalue weighted by Crippen LogP contribution is 2.18. The van der Waals surface area contributed by atoms with Crippen LogP contribution in [0, 0.1) is 13.8 Å². The van der Waals surface area contributed by atoms with Crippen molar-refractivity contribution in [2.24, 2.45) is 0 Å². The molecule has 0 heterocycles. The smallest absolute Gasteiger partial charge is 0.137 e. The van der Waals surface area contributed by atoms with Gasteiger partial charge in [-0.3, -0.25) is 0 Å². The lowest BCUT2D eigenvalue weighted by molar-refractivity contribution is -0.693. The molecule has 1 fully saturated rings. The molecule has 0 aromatic heterocycles. The number of aliphatic hydroxyl groups excluding tert-OH is 1. The Kier molecular flexibility index (Phi) is 5.23. The monoisotopic (exact) mass is 264 g/mol. The van der Waals surface area contributed by atoms with E-state index in [4.69, 9.17) is 4.74 Å². The number of ether oxygens (including phenoxy) is 1. The molecule has 3 nitrogen and oxygen atoms in total. The summed E-state index contributed by atoms with van der Waals surface area (Å²) < 4.78 is 5.70. The Balaban J connectivity index is 1.71. The van der Waals surface area contributed by atoms with E-state index < -0.39 is 0 Å². The molecule has 1 aromatic rings. The van der Waals surface area contributed by atoms with Gasteiger partial charge in [-0.25, -0.2) is 0 Å². The molecular formula is C16H26NO2+. The van der Waals surface area contributed by atoms with E-state index in [9.17, 15) is 5.11 Å². The molecule has 0 bridgehead atoms. The van der Waals surface area contributed by atoms with Crippen LogP contribution in [-0.4, -0.2) is 30.4 Å². The largest absolute Gasteiger partial charge is 0.490 e. The van der Waals surface area contributed by atoms with E-state index in [1.807, 2.05) is 19.1 Å². The van der Waals surface area contributed by atoms with Gasteiger partial charge in [0.25, 0.3) is 0 Å². The molecule has 106 valence electrons. The predicted molar refractivity (Wildman–Crippen MR) is 76.5 cm³/mol. The zero-order valence-electron chi connectivity index (χ0n) is 12.1. The number of aryl methyl sites for hydroxylation is 2. The van der Waals surface area contributed by atoms with Crippen molar-refractivity contribution in [2.75, 3.05) is 13.2 Å². The van der Waals surface area contributed by atoms with Crippen LogP contribution in [0.25, 0.3) is 0 Å². The van der Waals surface area contributed by atoms with E-state index in [1.165, 1.54) is 31.2 Å². The second kappa shape index (κ2) is 6.92. The number of rotatable bonds is 6. The molecule has 0 aliphatic heterocycles. The number of quaternary nitrogens is 1. The number of nitrogens with two attached hydrogens (primary N) is 1. The van der Waals surface area contributed by atoms with Crippen molar-refractivity contribution in [2.45, 2.75) is 51.7 Å². The summed E-state index contributed by atoms with van der Waals surface area (Å²) in [6, 6.07) is 6.85. The zero-order valence-corrected chi connectivity index (χ0v) is 12.1. The summed E-state index contributed by atoms with van der Waals surface area (Å²) in [5, 5.41) is 12.2. The van der Waals surface area contributed by atoms with Crippen LogP contribution in [0.4, 0.5) is 0 Å². The third-order valence-corrected chi connectivity index (χ3v) is 3.90. The summed E-state index contributed by atoms with van der Waals surface area (Å²) in [4.78, 5) is 0. The summed E-state index contributed by atoms with van der Waals surface area (Å²) >= 11 is 0. The first kappa shape index (κ1) is 14.4. The number of hydrogen-bond acceptors (Lipinski definition) is 2. The van der Waals surface area contributed by atoms with Gasteiger partial charge >= 0.3 is 0 Å². The summed E-state index contributed by atoms with van der Waals surface area (Å²) in [6.45, 7) is 5.24. The first-order chi connectivity index (χ1) is 9.15. The summed E-state index contributed by atoms with van der Waals surface area (Å²) in [5.41, 5.74) is 2.37. The van der Waals surface area contributed by atoms with E-state index in [0.717, 1.165) is 23.9 Å². The molecule has 0 unspecified atom stereocenters. The van der Waals surface area contributed by atoms with Crippen molar-refractivity contribution < 1.29 is 15.2 Å². The normalized spacial score (nSPS) is 17.6. The second-order valence-electron chi connectivity index (χ2n) is 5.75. The number of benzene rings is 1. The Bertz CT molecular complexity index is 400. The molecule has 19 heavy (non-hydrogen) atoms. The minimum absolute atomic E-state index is 0.382. The fraction of sp³-hybridized carbons (Fsp3) is 0.625. The van der Waals surface area contributed by atoms with Gasteiger partial charge in [0.1, 0.15) is 25.0 Å². The predicted octanol–water partition coefficient (Wildman–Crippen LogP) is 1.55. The third kappa shape index (κ3) is 4.51. The van der Waals surface area contributed by atoms with Crippen molar-refractivity contribution in [3.63, 3.8) is 0 Å². The van der Waals surface area contributed by atoms with Crippen LogP contribution < -0.4 is 10.1 Å². The van der Waals surface area contributed by atoms with Crippen molar-refractivity contribution in [1.82, 2.24) is 0 Å². The molecule has 1 saturated carbocycles. The summed E-state index contributed by atoms with van der Waals surface area (Å²) in [7, 11) is 0. The van der Waals surface area contributed by atoms with Crippen LogP contribution in [0.3, 0.4) is 0 Å². The first-order valence-corrected chi connectivity index (χ1v) is 7.36. The number of aliphatic hydroxyl groups is 1. The molecule has 0 radical (unpaired) electrons. The van der Waals surface area contributed by atoms with Gasteiger partial charge in [-0.05, 0) is 51.2 Å². The zero-order chi connectivity index (χ0) is 13.7. The Morgan fingerprint density at radius 3 is 2.74 bits per heavy atom. The molecule has 3 heteroatoms. The Morgan fingerprint density at radius 1 is 1.32 bits per heavy atom. The van der Waals surface area contributed by atoms with E-state index in [1.54, 1.807) is 0 Å². The minimum Gasteiger partial charge on any atom is -0.490 e. The molecular weight excluding hydrogens is 238 g/mol. The minimum atomic E-state index is -0.388. The quantitative estimate of drug-likeness (QED) is 0.819. The van der Waals surface area contributed by atoms with Crippen LogP contribution in [0.2, 0.25) is 0 Å². The van der Waals surface area contributed by atoms with Gasteiger partial charge in [0.05, 0.1) is 6.04 Å². The average Bonchev–Trinajstić information content (AvgIpc) is 2.88. The maximum absolute atomic E-state index is 9.96. The fourth-order valence-corrected chi connectivity index (χ4v) is 2.76. The fourth-order valence-electron chi connectivity index (χ4n) is 2.76. The second-order valence-corrected chi connectivity index (χ2v) is 5.75. The highest BCUT2D eigenvalue weighted by atomic mass is 16.5. The molecule has 1 aliphatic carbocycles. The summed E-state index contributed by atoms with van der Waals surface area (Å²) in [6.07, 6.45) is 4.89. The van der Waals surface area contributed by atoms with Crippen LogP contribution >= 0.6 is 0 Å². The highest BCUT2D eigenvalue weighted by molar-refractivity contribution is 5.35. The molecule has 0 saturated heterocycles. The lowest BCUT2D eigenvalue weighted by Gasteiger charge is -2.15. The molecule has 3 N–H and O–H groups in total. The van der Waals surface area contributed by atoms with Crippen molar-refractivity contribution >= 4 is 0 Å². The van der Waals surface area contributed by atoms with Gasteiger partial charge in [-0.2, -0.15) is 0 Å². The average molecular weight is 264 g/mol. The molecule has 0 amide bonds. The van der Waals surface area contributed by atoms with Crippen molar-refractivity contribution in [3.8, 4) is 5.75 Å². The van der Waals surface area contributed by atoms with E-state index >= 15 is 0 Å². The van der Waals surface area contributed by atoms with Crippen molar-refractivity contribution in [3.05, 3.63) is 29.3 Å². The van der Waals surface area contributed by atoms with Gasteiger partial charge in [-0.1, -0.05) is 17.7 Å². The number of hydrogen-bond donors (Lipinski definition) is 2. The van der Waals surface area contributed by atoms with Crippen LogP contribution in [-0.2, 0) is 0 Å². The maximum Gasteiger partial charge on any atom is 0.137 e. The van der Waals surface area contributed by atoms with Gasteiger partial charge in [0.2, 0.25) is 0 Å². The van der Waals surface area contributed by atoms with E-state index in [2.05, 4.69) is 18.3 Å². The molecule has 1 aliphatic rings. The van der Waals surface area contributed by atoms with Gasteiger partial charge in [-0.15, -0.1) is 0 Å². The van der Waals surface area contributed by atoms with E-state index in [0.29, 0.717) is 6.61 Å². The van der Waals surface area contributed by atoms with Crippen LogP contribution in [0.15, 0.2) is 18.2 Å². The maximum atomic E-state index is 9.96.